The van der Waals surface area contributed by atoms with Gasteiger partial charge in [0.05, 0.1) is 6.04 Å². The zero-order valence-electron chi connectivity index (χ0n) is 28.6. The van der Waals surface area contributed by atoms with Gasteiger partial charge in [-0.3, -0.25) is 14.4 Å². The van der Waals surface area contributed by atoms with Gasteiger partial charge in [0.25, 0.3) is 0 Å². The van der Waals surface area contributed by atoms with Crippen LogP contribution in [0.1, 0.15) is 50.2 Å². The first-order valence-electron chi connectivity index (χ1n) is 17.1. The van der Waals surface area contributed by atoms with Crippen LogP contribution in [0.25, 0.3) is 10.9 Å². The van der Waals surface area contributed by atoms with Crippen LogP contribution in [-0.2, 0) is 27.3 Å². The van der Waals surface area contributed by atoms with Crippen molar-refractivity contribution in [2.24, 2.45) is 11.5 Å². The van der Waals surface area contributed by atoms with Gasteiger partial charge in [0.15, 0.2) is 0 Å². The van der Waals surface area contributed by atoms with E-state index >= 15 is 0 Å². The second-order valence-corrected chi connectivity index (χ2v) is 13.3. The lowest BCUT2D eigenvalue weighted by molar-refractivity contribution is -0.142. The van der Waals surface area contributed by atoms with Crippen molar-refractivity contribution in [1.82, 2.24) is 25.8 Å². The number of hydrogen-bond donors (Lipinski definition) is 6. The Morgan fingerprint density at radius 3 is 2.47 bits per heavy atom. The fourth-order valence-electron chi connectivity index (χ4n) is 5.81. The van der Waals surface area contributed by atoms with Crippen molar-refractivity contribution in [3.63, 3.8) is 0 Å². The third-order valence-electron chi connectivity index (χ3n) is 8.66. The lowest BCUT2D eigenvalue weighted by Gasteiger charge is -2.32. The van der Waals surface area contributed by atoms with Gasteiger partial charge >= 0.3 is 0 Å². The summed E-state index contributed by atoms with van der Waals surface area (Å²) < 4.78 is 0. The van der Waals surface area contributed by atoms with Crippen molar-refractivity contribution in [2.45, 2.75) is 75.0 Å². The number of aromatic amines is 1. The van der Waals surface area contributed by atoms with Gasteiger partial charge in [0, 0.05) is 48.6 Å². The SMILES string of the molecule is CC1=CSc2ccccc2CN[C@@H](CCCN)C(=O)N[C@@H](CCCCN)C(=O)N(C)[C@@H](Cc2c[nH]c3ccccc23)C(=O)NCC=CC=C1. The smallest absolute Gasteiger partial charge is 0.245 e. The second kappa shape index (κ2) is 19.7. The molecule has 10 nitrogen and oxygen atoms in total. The number of likely N-dealkylation sites (N-methyl/N-ethyl adjacent to an activating group) is 1. The summed E-state index contributed by atoms with van der Waals surface area (Å²) in [6.45, 7) is 3.72. The number of fused-ring (bicyclic) bond motifs is 2. The Kier molecular flexibility index (Phi) is 15.2. The molecule has 1 aromatic heterocycles. The van der Waals surface area contributed by atoms with Crippen molar-refractivity contribution in [1.29, 1.82) is 0 Å². The summed E-state index contributed by atoms with van der Waals surface area (Å²) in [5.74, 6) is -0.872. The molecule has 3 atom stereocenters. The average molecular weight is 686 g/mol. The zero-order valence-corrected chi connectivity index (χ0v) is 29.4. The largest absolute Gasteiger partial charge is 0.361 e. The van der Waals surface area contributed by atoms with Crippen LogP contribution in [0.3, 0.4) is 0 Å². The summed E-state index contributed by atoms with van der Waals surface area (Å²) in [7, 11) is 1.64. The number of hydrogen-bond acceptors (Lipinski definition) is 7. The van der Waals surface area contributed by atoms with Gasteiger partial charge in [-0.2, -0.15) is 0 Å². The highest BCUT2D eigenvalue weighted by Gasteiger charge is 2.33. The highest BCUT2D eigenvalue weighted by Crippen LogP contribution is 2.26. The summed E-state index contributed by atoms with van der Waals surface area (Å²) in [5, 5.41) is 12.6. The highest BCUT2D eigenvalue weighted by molar-refractivity contribution is 8.02. The van der Waals surface area contributed by atoms with Crippen LogP contribution in [0, 0.1) is 0 Å². The van der Waals surface area contributed by atoms with Gasteiger partial charge in [-0.1, -0.05) is 72.5 Å². The van der Waals surface area contributed by atoms with Gasteiger partial charge < -0.3 is 37.3 Å². The molecule has 0 aliphatic carbocycles. The first-order valence-corrected chi connectivity index (χ1v) is 18.0. The first-order chi connectivity index (χ1) is 23.8. The maximum Gasteiger partial charge on any atom is 0.245 e. The number of allylic oxidation sites excluding steroid dienone is 4. The number of nitrogens with one attached hydrogen (secondary N) is 4. The second-order valence-electron chi connectivity index (χ2n) is 12.4. The van der Waals surface area contributed by atoms with Crippen molar-refractivity contribution < 1.29 is 14.4 Å². The van der Waals surface area contributed by atoms with Crippen molar-refractivity contribution in [3.8, 4) is 0 Å². The number of benzene rings is 2. The molecule has 0 spiro atoms. The molecule has 3 amide bonds. The molecule has 2 aromatic carbocycles. The molecule has 0 bridgehead atoms. The first kappa shape index (κ1) is 37.7. The lowest BCUT2D eigenvalue weighted by Crippen LogP contribution is -2.57. The summed E-state index contributed by atoms with van der Waals surface area (Å²) >= 11 is 1.62. The molecule has 8 N–H and O–H groups in total. The Morgan fingerprint density at radius 1 is 0.898 bits per heavy atom. The Labute approximate surface area is 294 Å². The number of carbonyl (C=O) groups excluding carboxylic acids is 3. The summed E-state index contributed by atoms with van der Waals surface area (Å²) in [6, 6.07) is 13.8. The number of nitrogens with two attached hydrogens (primary N) is 2. The number of amides is 3. The average Bonchev–Trinajstić information content (AvgIpc) is 3.52. The number of unbranched alkanes of at least 4 members (excludes halogenated alkanes) is 1. The summed E-state index contributed by atoms with van der Waals surface area (Å²) in [6.07, 6.45) is 12.8. The van der Waals surface area contributed by atoms with Crippen LogP contribution in [0.15, 0.2) is 94.9 Å². The molecule has 0 saturated heterocycles. The van der Waals surface area contributed by atoms with Crippen molar-refractivity contribution in [2.75, 3.05) is 26.7 Å². The molecule has 3 aromatic rings. The minimum atomic E-state index is -0.834. The van der Waals surface area contributed by atoms with Crippen LogP contribution >= 0.6 is 11.8 Å². The Hall–Kier alpha value is -4.16. The van der Waals surface area contributed by atoms with E-state index in [4.69, 9.17) is 11.5 Å². The molecule has 11 heteroatoms. The van der Waals surface area contributed by atoms with E-state index in [0.717, 1.165) is 32.5 Å². The van der Waals surface area contributed by atoms with E-state index in [1.54, 1.807) is 18.8 Å². The number of thioether (sulfide) groups is 1. The van der Waals surface area contributed by atoms with E-state index in [1.165, 1.54) is 4.90 Å². The number of para-hydroxylation sites is 1. The molecular weight excluding hydrogens is 635 g/mol. The molecule has 0 saturated carbocycles. The third-order valence-corrected chi connectivity index (χ3v) is 9.81. The molecule has 49 heavy (non-hydrogen) atoms. The van der Waals surface area contributed by atoms with Crippen LogP contribution < -0.4 is 27.4 Å². The Morgan fingerprint density at radius 2 is 1.65 bits per heavy atom. The molecule has 1 aliphatic heterocycles. The van der Waals surface area contributed by atoms with Gasteiger partial charge in [-0.25, -0.2) is 0 Å². The molecular formula is C38H51N7O3S. The van der Waals surface area contributed by atoms with E-state index < -0.39 is 18.1 Å². The third kappa shape index (κ3) is 11.2. The number of aromatic nitrogens is 1. The minimum absolute atomic E-state index is 0.271. The zero-order chi connectivity index (χ0) is 35.0. The fourth-order valence-corrected chi connectivity index (χ4v) is 6.65. The van der Waals surface area contributed by atoms with Gasteiger partial charge in [0.2, 0.25) is 17.7 Å². The van der Waals surface area contributed by atoms with Crippen LogP contribution in [0.5, 0.6) is 0 Å². The monoisotopic (exact) mass is 685 g/mol. The van der Waals surface area contributed by atoms with E-state index in [-0.39, 0.29) is 17.7 Å². The Bertz CT molecular complexity index is 1630. The van der Waals surface area contributed by atoms with E-state index in [2.05, 4.69) is 38.5 Å². The standard InChI is InChI=1S/C38H51N7O3S/c1-27-13-4-3-11-22-41-37(47)34(23-29-25-42-31-16-7-6-15-30(29)31)45(2)38(48)33(17-9-10-20-39)44-36(46)32(18-12-21-40)43-24-28-14-5-8-19-35(28)49-26-27/h3-8,11,13-16,19,25-26,32-34,42-43H,9-10,12,17-18,20-24,39-40H2,1-2H3,(H,41,47)(H,44,46)/t32-,33-,34-/m0/s1. The maximum absolute atomic E-state index is 14.3. The normalized spacial score (nSPS) is 20.3. The van der Waals surface area contributed by atoms with Crippen LogP contribution in [0.4, 0.5) is 0 Å². The quantitative estimate of drug-likeness (QED) is 0.184. The van der Waals surface area contributed by atoms with Gasteiger partial charge in [-0.05, 0) is 86.4 Å². The number of rotatable bonds is 9. The molecule has 262 valence electrons. The van der Waals surface area contributed by atoms with Crippen LogP contribution in [0.2, 0.25) is 0 Å². The molecule has 2 heterocycles. The maximum atomic E-state index is 14.3. The molecule has 1 aliphatic rings. The topological polar surface area (TPSA) is 158 Å². The molecule has 4 rings (SSSR count). The highest BCUT2D eigenvalue weighted by atomic mass is 32.2. The van der Waals surface area contributed by atoms with Gasteiger partial charge in [-0.15, -0.1) is 0 Å². The Balaban J connectivity index is 1.68. The molecule has 0 radical (unpaired) electrons. The van der Waals surface area contributed by atoms with Crippen molar-refractivity contribution in [3.05, 3.63) is 101 Å². The van der Waals surface area contributed by atoms with Crippen molar-refractivity contribution >= 4 is 40.4 Å². The van der Waals surface area contributed by atoms with Crippen LogP contribution in [-0.4, -0.2) is 72.4 Å². The number of nitrogens with zero attached hydrogens (tertiary/aromatic N) is 1. The van der Waals surface area contributed by atoms with E-state index in [9.17, 15) is 14.4 Å². The summed E-state index contributed by atoms with van der Waals surface area (Å²) in [5.41, 5.74) is 15.7. The van der Waals surface area contributed by atoms with E-state index in [0.29, 0.717) is 64.7 Å². The fraction of sp³-hybridized carbons (Fsp3) is 0.395. The number of H-pyrrole nitrogens is 1. The predicted octanol–water partition coefficient (Wildman–Crippen LogP) is 4.29. The molecule has 0 fully saturated rings. The van der Waals surface area contributed by atoms with Gasteiger partial charge in [0.1, 0.15) is 12.1 Å². The lowest BCUT2D eigenvalue weighted by atomic mass is 10.0. The minimum Gasteiger partial charge on any atom is -0.361 e. The molecule has 0 unspecified atom stereocenters. The summed E-state index contributed by atoms with van der Waals surface area (Å²) in [4.78, 5) is 47.8. The number of carbonyl (C=O) groups is 3. The predicted molar refractivity (Wildman–Crippen MR) is 200 cm³/mol. The van der Waals surface area contributed by atoms with E-state index in [1.807, 2.05) is 73.8 Å².